The summed E-state index contributed by atoms with van der Waals surface area (Å²) in [7, 11) is 0. The molecule has 3 aliphatic rings. The molecular weight excluding hydrogens is 354 g/mol. The Balaban J connectivity index is 0.00000169. The van der Waals surface area contributed by atoms with Gasteiger partial charge < -0.3 is 14.6 Å². The number of H-pyrrole nitrogens is 1. The van der Waals surface area contributed by atoms with Crippen molar-refractivity contribution >= 4 is 40.9 Å². The second-order valence-corrected chi connectivity index (χ2v) is 7.09. The highest BCUT2D eigenvalue weighted by molar-refractivity contribution is 6.31. The van der Waals surface area contributed by atoms with Gasteiger partial charge in [0.1, 0.15) is 5.82 Å². The van der Waals surface area contributed by atoms with Gasteiger partial charge in [-0.3, -0.25) is 0 Å². The number of halogens is 3. The van der Waals surface area contributed by atoms with E-state index < -0.39 is 11.8 Å². The summed E-state index contributed by atoms with van der Waals surface area (Å²) in [4.78, 5) is 17.8. The van der Waals surface area contributed by atoms with Crippen molar-refractivity contribution in [3.63, 3.8) is 0 Å². The molecule has 0 unspecified atom stereocenters. The summed E-state index contributed by atoms with van der Waals surface area (Å²) in [6.07, 6.45) is 4.80. The standard InChI is InChI=1S/C17H18ClFN2O2.ClH/c18-13-8-15-11(7-14(13)19)12(9-20-15)16(22)23-10-17-1-4-21(5-2-17)6-3-17;/h7-9,20H,1-6,10H2;1H. The number of nitrogens with one attached hydrogen (secondary N) is 1. The van der Waals surface area contributed by atoms with Gasteiger partial charge in [0.25, 0.3) is 0 Å². The zero-order chi connectivity index (χ0) is 16.0. The lowest BCUT2D eigenvalue weighted by Gasteiger charge is -2.47. The predicted octanol–water partition coefficient (Wildman–Crippen LogP) is 4.02. The number of rotatable bonds is 3. The van der Waals surface area contributed by atoms with Crippen LogP contribution < -0.4 is 0 Å². The van der Waals surface area contributed by atoms with Gasteiger partial charge in [0, 0.05) is 22.5 Å². The van der Waals surface area contributed by atoms with Crippen LogP contribution in [0.4, 0.5) is 4.39 Å². The van der Waals surface area contributed by atoms with Crippen LogP contribution in [-0.4, -0.2) is 42.1 Å². The lowest BCUT2D eigenvalue weighted by Crippen LogP contribution is -2.50. The molecule has 0 aliphatic carbocycles. The van der Waals surface area contributed by atoms with Crippen LogP contribution >= 0.6 is 24.0 Å². The van der Waals surface area contributed by atoms with E-state index in [1.165, 1.54) is 12.1 Å². The normalized spacial score (nSPS) is 25.5. The Labute approximate surface area is 150 Å². The maximum absolute atomic E-state index is 13.7. The van der Waals surface area contributed by atoms with Crippen LogP contribution in [-0.2, 0) is 4.74 Å². The van der Waals surface area contributed by atoms with Crippen LogP contribution in [0.25, 0.3) is 10.9 Å². The van der Waals surface area contributed by atoms with Crippen molar-refractivity contribution in [3.05, 3.63) is 34.7 Å². The number of esters is 1. The van der Waals surface area contributed by atoms with Crippen molar-refractivity contribution in [2.75, 3.05) is 26.2 Å². The lowest BCUT2D eigenvalue weighted by molar-refractivity contribution is -0.0304. The molecule has 0 radical (unpaired) electrons. The molecule has 4 heterocycles. The van der Waals surface area contributed by atoms with Crippen LogP contribution in [0.3, 0.4) is 0 Å². The summed E-state index contributed by atoms with van der Waals surface area (Å²) in [5.41, 5.74) is 1.12. The summed E-state index contributed by atoms with van der Waals surface area (Å²) in [6.45, 7) is 3.72. The molecule has 0 spiro atoms. The summed E-state index contributed by atoms with van der Waals surface area (Å²) in [5.74, 6) is -0.939. The highest BCUT2D eigenvalue weighted by Crippen LogP contribution is 2.40. The minimum Gasteiger partial charge on any atom is -0.461 e. The monoisotopic (exact) mass is 372 g/mol. The summed E-state index contributed by atoms with van der Waals surface area (Å²) >= 11 is 5.77. The largest absolute Gasteiger partial charge is 0.461 e. The third kappa shape index (κ3) is 3.01. The first kappa shape index (κ1) is 17.5. The number of benzene rings is 1. The molecule has 7 heteroatoms. The Morgan fingerprint density at radius 1 is 1.29 bits per heavy atom. The lowest BCUT2D eigenvalue weighted by atomic mass is 9.73. The van der Waals surface area contributed by atoms with Crippen molar-refractivity contribution < 1.29 is 13.9 Å². The highest BCUT2D eigenvalue weighted by atomic mass is 35.5. The molecule has 2 aromatic rings. The van der Waals surface area contributed by atoms with E-state index in [1.54, 1.807) is 6.20 Å². The van der Waals surface area contributed by atoms with Crippen LogP contribution in [0.15, 0.2) is 18.3 Å². The van der Waals surface area contributed by atoms with Crippen LogP contribution in [0, 0.1) is 11.2 Å². The molecule has 130 valence electrons. The van der Waals surface area contributed by atoms with Crippen molar-refractivity contribution in [1.29, 1.82) is 0 Å². The van der Waals surface area contributed by atoms with Crippen molar-refractivity contribution in [3.8, 4) is 0 Å². The zero-order valence-corrected chi connectivity index (χ0v) is 14.7. The maximum Gasteiger partial charge on any atom is 0.340 e. The number of hydrogen-bond acceptors (Lipinski definition) is 3. The third-order valence-electron chi connectivity index (χ3n) is 5.33. The Morgan fingerprint density at radius 2 is 1.96 bits per heavy atom. The van der Waals surface area contributed by atoms with Gasteiger partial charge in [-0.2, -0.15) is 0 Å². The van der Waals surface area contributed by atoms with Crippen molar-refractivity contribution in [1.82, 2.24) is 9.88 Å². The van der Waals surface area contributed by atoms with E-state index >= 15 is 0 Å². The fourth-order valence-corrected chi connectivity index (χ4v) is 3.86. The molecule has 5 rings (SSSR count). The number of nitrogens with zero attached hydrogens (tertiary/aromatic N) is 1. The number of aromatic amines is 1. The molecule has 0 saturated carbocycles. The molecule has 24 heavy (non-hydrogen) atoms. The third-order valence-corrected chi connectivity index (χ3v) is 5.62. The number of aromatic nitrogens is 1. The molecule has 3 fully saturated rings. The van der Waals surface area contributed by atoms with Gasteiger partial charge in [0.05, 0.1) is 17.2 Å². The van der Waals surface area contributed by atoms with E-state index in [0.717, 1.165) is 38.9 Å². The first-order valence-corrected chi connectivity index (χ1v) is 8.30. The number of hydrogen-bond donors (Lipinski definition) is 1. The van der Waals surface area contributed by atoms with Gasteiger partial charge in [0.15, 0.2) is 0 Å². The average Bonchev–Trinajstić information content (AvgIpc) is 2.98. The molecule has 4 nitrogen and oxygen atoms in total. The van der Waals surface area contributed by atoms with Gasteiger partial charge in [-0.25, -0.2) is 9.18 Å². The van der Waals surface area contributed by atoms with Gasteiger partial charge in [0.2, 0.25) is 0 Å². The Bertz CT molecular complexity index is 756. The molecule has 3 aliphatic heterocycles. The van der Waals surface area contributed by atoms with Gasteiger partial charge in [-0.15, -0.1) is 12.4 Å². The van der Waals surface area contributed by atoms with Crippen molar-refractivity contribution in [2.24, 2.45) is 5.41 Å². The summed E-state index contributed by atoms with van der Waals surface area (Å²) in [6, 6.07) is 2.76. The first-order valence-electron chi connectivity index (χ1n) is 7.92. The molecule has 1 N–H and O–H groups in total. The topological polar surface area (TPSA) is 45.3 Å². The zero-order valence-electron chi connectivity index (χ0n) is 13.1. The molecule has 0 atom stereocenters. The highest BCUT2D eigenvalue weighted by Gasteiger charge is 2.40. The number of carbonyl (C=O) groups is 1. The molecule has 3 saturated heterocycles. The Hall–Kier alpha value is -1.30. The molecular formula is C17H19Cl2FN2O2. The van der Waals surface area contributed by atoms with Crippen LogP contribution in [0.5, 0.6) is 0 Å². The van der Waals surface area contributed by atoms with Crippen LogP contribution in [0.2, 0.25) is 5.02 Å². The molecule has 2 bridgehead atoms. The summed E-state index contributed by atoms with van der Waals surface area (Å²) < 4.78 is 19.3. The number of ether oxygens (including phenoxy) is 1. The molecule has 0 amide bonds. The minimum atomic E-state index is -0.536. The SMILES string of the molecule is Cl.O=C(OCC12CCN(CC1)CC2)c1c[nH]c2cc(Cl)c(F)cc12. The smallest absolute Gasteiger partial charge is 0.340 e. The Morgan fingerprint density at radius 3 is 2.62 bits per heavy atom. The average molecular weight is 373 g/mol. The van der Waals surface area contributed by atoms with E-state index in [4.69, 9.17) is 16.3 Å². The second-order valence-electron chi connectivity index (χ2n) is 6.68. The quantitative estimate of drug-likeness (QED) is 0.827. The Kier molecular flexibility index (Phi) is 4.78. The number of fused-ring (bicyclic) bond motifs is 4. The number of carbonyl (C=O) groups excluding carboxylic acids is 1. The van der Waals surface area contributed by atoms with E-state index in [2.05, 4.69) is 9.88 Å². The fourth-order valence-electron chi connectivity index (χ4n) is 3.69. The minimum absolute atomic E-state index is 0. The van der Waals surface area contributed by atoms with Gasteiger partial charge in [-0.05, 0) is 51.0 Å². The molecule has 1 aromatic heterocycles. The molecule has 1 aromatic carbocycles. The first-order chi connectivity index (χ1) is 11.1. The maximum atomic E-state index is 13.7. The predicted molar refractivity (Wildman–Crippen MR) is 93.5 cm³/mol. The van der Waals surface area contributed by atoms with E-state index in [0.29, 0.717) is 23.1 Å². The number of piperidine rings is 3. The van der Waals surface area contributed by atoms with E-state index in [-0.39, 0.29) is 22.8 Å². The summed E-state index contributed by atoms with van der Waals surface area (Å²) in [5, 5.41) is 0.542. The van der Waals surface area contributed by atoms with E-state index in [1.807, 2.05) is 0 Å². The van der Waals surface area contributed by atoms with Gasteiger partial charge >= 0.3 is 5.97 Å². The van der Waals surface area contributed by atoms with Crippen molar-refractivity contribution in [2.45, 2.75) is 19.3 Å². The van der Waals surface area contributed by atoms with E-state index in [9.17, 15) is 9.18 Å². The second kappa shape index (κ2) is 6.54. The fraction of sp³-hybridized carbons (Fsp3) is 0.471. The van der Waals surface area contributed by atoms with Gasteiger partial charge in [-0.1, -0.05) is 11.6 Å². The van der Waals surface area contributed by atoms with Crippen LogP contribution in [0.1, 0.15) is 29.6 Å².